The van der Waals surface area contributed by atoms with Crippen LogP contribution in [-0.4, -0.2) is 31.6 Å². The van der Waals surface area contributed by atoms with E-state index in [1.165, 1.54) is 11.3 Å². The third-order valence-corrected chi connectivity index (χ3v) is 5.00. The predicted octanol–water partition coefficient (Wildman–Crippen LogP) is 4.31. The van der Waals surface area contributed by atoms with Crippen LogP contribution in [0.2, 0.25) is 5.02 Å². The number of nitrogens with zero attached hydrogens (tertiary/aromatic N) is 1. The fourth-order valence-electron chi connectivity index (χ4n) is 3.44. The van der Waals surface area contributed by atoms with Crippen molar-refractivity contribution in [3.05, 3.63) is 58.6 Å². The molecule has 0 bridgehead atoms. The van der Waals surface area contributed by atoms with E-state index in [0.29, 0.717) is 35.5 Å². The van der Waals surface area contributed by atoms with Crippen LogP contribution in [0.15, 0.2) is 42.5 Å². The molecule has 0 unspecified atom stereocenters. The first-order chi connectivity index (χ1) is 12.6. The molecule has 1 aliphatic heterocycles. The summed E-state index contributed by atoms with van der Waals surface area (Å²) in [5, 5.41) is 3.44. The van der Waals surface area contributed by atoms with Crippen LogP contribution in [0, 0.1) is 0 Å². The predicted molar refractivity (Wildman–Crippen MR) is 107 cm³/mol. The van der Waals surface area contributed by atoms with Crippen molar-refractivity contribution in [2.24, 2.45) is 0 Å². The van der Waals surface area contributed by atoms with Gasteiger partial charge in [-0.1, -0.05) is 29.8 Å². The van der Waals surface area contributed by atoms with Crippen molar-refractivity contribution in [1.82, 2.24) is 5.32 Å². The molecular formula is C21H25ClN2O2. The van der Waals surface area contributed by atoms with Gasteiger partial charge in [-0.2, -0.15) is 0 Å². The Morgan fingerprint density at radius 2 is 2.12 bits per heavy atom. The molecule has 1 amide bonds. The first-order valence-corrected chi connectivity index (χ1v) is 9.53. The number of halogens is 1. The van der Waals surface area contributed by atoms with Crippen molar-refractivity contribution in [2.45, 2.75) is 32.7 Å². The SMILES string of the molecule is CCOc1ccc(C(=O)NCCCN2c3ccccc3C[C@@H]2C)cc1Cl. The molecule has 1 aliphatic rings. The van der Waals surface area contributed by atoms with Crippen LogP contribution in [0.1, 0.15) is 36.2 Å². The van der Waals surface area contributed by atoms with Crippen molar-refractivity contribution < 1.29 is 9.53 Å². The molecule has 0 saturated heterocycles. The highest BCUT2D eigenvalue weighted by Crippen LogP contribution is 2.31. The third kappa shape index (κ3) is 4.13. The molecule has 1 N–H and O–H groups in total. The van der Waals surface area contributed by atoms with Crippen molar-refractivity contribution in [3.63, 3.8) is 0 Å². The number of carbonyl (C=O) groups is 1. The minimum Gasteiger partial charge on any atom is -0.492 e. The number of fused-ring (bicyclic) bond motifs is 1. The lowest BCUT2D eigenvalue weighted by Gasteiger charge is -2.25. The molecule has 26 heavy (non-hydrogen) atoms. The molecule has 0 fully saturated rings. The molecule has 2 aromatic carbocycles. The lowest BCUT2D eigenvalue weighted by atomic mass is 10.1. The zero-order valence-electron chi connectivity index (χ0n) is 15.3. The first kappa shape index (κ1) is 18.6. The second-order valence-electron chi connectivity index (χ2n) is 6.56. The van der Waals surface area contributed by atoms with Gasteiger partial charge in [-0.25, -0.2) is 0 Å². The summed E-state index contributed by atoms with van der Waals surface area (Å²) in [6.07, 6.45) is 1.99. The second kappa shape index (κ2) is 8.45. The molecule has 0 saturated carbocycles. The highest BCUT2D eigenvalue weighted by Gasteiger charge is 2.24. The zero-order chi connectivity index (χ0) is 18.5. The van der Waals surface area contributed by atoms with E-state index < -0.39 is 0 Å². The summed E-state index contributed by atoms with van der Waals surface area (Å²) in [6.45, 7) is 6.26. The summed E-state index contributed by atoms with van der Waals surface area (Å²) < 4.78 is 5.40. The fourth-order valence-corrected chi connectivity index (χ4v) is 3.67. The Bertz CT molecular complexity index is 778. The number of hydrogen-bond acceptors (Lipinski definition) is 3. The van der Waals surface area contributed by atoms with Crippen LogP contribution in [0.4, 0.5) is 5.69 Å². The quantitative estimate of drug-likeness (QED) is 0.736. The number of benzene rings is 2. The average Bonchev–Trinajstić information content (AvgIpc) is 2.95. The first-order valence-electron chi connectivity index (χ1n) is 9.15. The standard InChI is InChI=1S/C21H25ClN2O2/c1-3-26-20-10-9-17(14-18(20)22)21(25)23-11-6-12-24-15(2)13-16-7-4-5-8-19(16)24/h4-5,7-10,14-15H,3,6,11-13H2,1-2H3,(H,23,25)/t15-/m0/s1. The van der Waals surface area contributed by atoms with Gasteiger partial charge in [0.25, 0.3) is 5.91 Å². The number of rotatable bonds is 7. The van der Waals surface area contributed by atoms with Crippen molar-refractivity contribution in [2.75, 3.05) is 24.6 Å². The lowest BCUT2D eigenvalue weighted by Crippen LogP contribution is -2.33. The van der Waals surface area contributed by atoms with Crippen molar-refractivity contribution in [3.8, 4) is 5.75 Å². The Morgan fingerprint density at radius 3 is 2.88 bits per heavy atom. The van der Waals surface area contributed by atoms with Gasteiger partial charge in [-0.05, 0) is 56.5 Å². The fraction of sp³-hybridized carbons (Fsp3) is 0.381. The highest BCUT2D eigenvalue weighted by molar-refractivity contribution is 6.32. The van der Waals surface area contributed by atoms with Crippen LogP contribution < -0.4 is 15.0 Å². The van der Waals surface area contributed by atoms with Gasteiger partial charge in [0.1, 0.15) is 5.75 Å². The lowest BCUT2D eigenvalue weighted by molar-refractivity contribution is 0.0953. The average molecular weight is 373 g/mol. The van der Waals surface area contributed by atoms with Crippen LogP contribution in [0.25, 0.3) is 0 Å². The summed E-state index contributed by atoms with van der Waals surface area (Å²) in [5.41, 5.74) is 3.29. The van der Waals surface area contributed by atoms with Crippen LogP contribution in [-0.2, 0) is 6.42 Å². The van der Waals surface area contributed by atoms with E-state index in [-0.39, 0.29) is 5.91 Å². The number of nitrogens with one attached hydrogen (secondary N) is 1. The zero-order valence-corrected chi connectivity index (χ0v) is 16.1. The largest absolute Gasteiger partial charge is 0.492 e. The molecule has 4 nitrogen and oxygen atoms in total. The van der Waals surface area contributed by atoms with E-state index in [0.717, 1.165) is 19.4 Å². The van der Waals surface area contributed by atoms with E-state index in [1.54, 1.807) is 18.2 Å². The van der Waals surface area contributed by atoms with E-state index in [2.05, 4.69) is 41.4 Å². The summed E-state index contributed by atoms with van der Waals surface area (Å²) in [5.74, 6) is 0.497. The van der Waals surface area contributed by atoms with E-state index in [4.69, 9.17) is 16.3 Å². The topological polar surface area (TPSA) is 41.6 Å². The highest BCUT2D eigenvalue weighted by atomic mass is 35.5. The van der Waals surface area contributed by atoms with E-state index in [1.807, 2.05) is 6.92 Å². The maximum Gasteiger partial charge on any atom is 0.251 e. The number of hydrogen-bond donors (Lipinski definition) is 1. The Labute approximate surface area is 160 Å². The molecule has 1 atom stereocenters. The smallest absolute Gasteiger partial charge is 0.251 e. The minimum atomic E-state index is -0.107. The Morgan fingerprint density at radius 1 is 1.31 bits per heavy atom. The Balaban J connectivity index is 1.49. The molecule has 0 aromatic heterocycles. The molecule has 0 spiro atoms. The molecule has 0 radical (unpaired) electrons. The number of ether oxygens (including phenoxy) is 1. The van der Waals surface area contributed by atoms with Gasteiger partial charge in [0, 0.05) is 30.4 Å². The van der Waals surface area contributed by atoms with Crippen LogP contribution >= 0.6 is 11.6 Å². The summed E-state index contributed by atoms with van der Waals surface area (Å²) in [4.78, 5) is 14.7. The second-order valence-corrected chi connectivity index (χ2v) is 6.97. The number of amides is 1. The Kier molecular flexibility index (Phi) is 6.04. The molecular weight excluding hydrogens is 348 g/mol. The summed E-state index contributed by atoms with van der Waals surface area (Å²) >= 11 is 6.15. The Hall–Kier alpha value is -2.20. The summed E-state index contributed by atoms with van der Waals surface area (Å²) in [7, 11) is 0. The van der Waals surface area contributed by atoms with E-state index in [9.17, 15) is 4.79 Å². The van der Waals surface area contributed by atoms with Crippen LogP contribution in [0.5, 0.6) is 5.75 Å². The van der Waals surface area contributed by atoms with Gasteiger partial charge in [-0.15, -0.1) is 0 Å². The van der Waals surface area contributed by atoms with Crippen LogP contribution in [0.3, 0.4) is 0 Å². The normalized spacial score (nSPS) is 15.7. The molecule has 1 heterocycles. The monoisotopic (exact) mass is 372 g/mol. The maximum atomic E-state index is 12.3. The molecule has 5 heteroatoms. The van der Waals surface area contributed by atoms with Gasteiger partial charge < -0.3 is 15.0 Å². The third-order valence-electron chi connectivity index (χ3n) is 4.70. The van der Waals surface area contributed by atoms with Gasteiger partial charge >= 0.3 is 0 Å². The van der Waals surface area contributed by atoms with Gasteiger partial charge in [-0.3, -0.25) is 4.79 Å². The minimum absolute atomic E-state index is 0.107. The number of para-hydroxylation sites is 1. The van der Waals surface area contributed by atoms with Gasteiger partial charge in [0.2, 0.25) is 0 Å². The van der Waals surface area contributed by atoms with Gasteiger partial charge in [0.15, 0.2) is 0 Å². The summed E-state index contributed by atoms with van der Waals surface area (Å²) in [6, 6.07) is 14.2. The molecule has 138 valence electrons. The van der Waals surface area contributed by atoms with Gasteiger partial charge in [0.05, 0.1) is 11.6 Å². The van der Waals surface area contributed by atoms with Crippen molar-refractivity contribution in [1.29, 1.82) is 0 Å². The number of anilines is 1. The number of carbonyl (C=O) groups excluding carboxylic acids is 1. The van der Waals surface area contributed by atoms with Crippen molar-refractivity contribution >= 4 is 23.2 Å². The molecule has 0 aliphatic carbocycles. The molecule has 2 aromatic rings. The maximum absolute atomic E-state index is 12.3. The molecule has 3 rings (SSSR count). The van der Waals surface area contributed by atoms with E-state index >= 15 is 0 Å².